The Kier molecular flexibility index (Phi) is 1.90. The third kappa shape index (κ3) is 1.34. The molecule has 2 heterocycles. The predicted molar refractivity (Wildman–Crippen MR) is 65.5 cm³/mol. The summed E-state index contributed by atoms with van der Waals surface area (Å²) in [5.41, 5.74) is 4.78. The molecule has 0 unspecified atom stereocenters. The highest BCUT2D eigenvalue weighted by molar-refractivity contribution is 5.88. The van der Waals surface area contributed by atoms with Crippen LogP contribution in [-0.2, 0) is 0 Å². The number of nitrogens with one attached hydrogen (secondary N) is 1. The van der Waals surface area contributed by atoms with Gasteiger partial charge in [-0.25, -0.2) is 0 Å². The van der Waals surface area contributed by atoms with Crippen LogP contribution < -0.4 is 0 Å². The highest BCUT2D eigenvalue weighted by atomic mass is 16.3. The van der Waals surface area contributed by atoms with Crippen LogP contribution >= 0.6 is 0 Å². The summed E-state index contributed by atoms with van der Waals surface area (Å²) in [4.78, 5) is 3.39. The summed E-state index contributed by atoms with van der Waals surface area (Å²) < 4.78 is 5.39. The first-order valence-electron chi connectivity index (χ1n) is 5.38. The lowest BCUT2D eigenvalue weighted by molar-refractivity contribution is 0.580. The zero-order valence-corrected chi connectivity index (χ0v) is 9.37. The van der Waals surface area contributed by atoms with Gasteiger partial charge in [-0.05, 0) is 49.2 Å². The minimum Gasteiger partial charge on any atom is -0.463 e. The first-order chi connectivity index (χ1) is 7.74. The van der Waals surface area contributed by atoms with Crippen LogP contribution in [0.25, 0.3) is 22.4 Å². The van der Waals surface area contributed by atoms with E-state index in [1.807, 2.05) is 12.1 Å². The van der Waals surface area contributed by atoms with Gasteiger partial charge in [0.1, 0.15) is 5.76 Å². The van der Waals surface area contributed by atoms with E-state index in [4.69, 9.17) is 4.42 Å². The minimum atomic E-state index is 0.883. The highest BCUT2D eigenvalue weighted by Crippen LogP contribution is 2.27. The average Bonchev–Trinajstić information content (AvgIpc) is 2.82. The summed E-state index contributed by atoms with van der Waals surface area (Å²) in [6.45, 7) is 4.24. The molecule has 0 aliphatic heterocycles. The van der Waals surface area contributed by atoms with Gasteiger partial charge in [0.15, 0.2) is 0 Å². The number of hydrogen-bond acceptors (Lipinski definition) is 1. The van der Waals surface area contributed by atoms with Gasteiger partial charge in [0.2, 0.25) is 0 Å². The molecule has 2 aromatic heterocycles. The third-order valence-corrected chi connectivity index (χ3v) is 2.88. The van der Waals surface area contributed by atoms with E-state index in [2.05, 4.69) is 37.0 Å². The lowest BCUT2D eigenvalue weighted by Gasteiger charge is -1.97. The topological polar surface area (TPSA) is 28.9 Å². The Labute approximate surface area is 93.9 Å². The Morgan fingerprint density at radius 1 is 1.12 bits per heavy atom. The first kappa shape index (κ1) is 9.28. The molecule has 1 N–H and O–H groups in total. The Hall–Kier alpha value is -1.96. The predicted octanol–water partition coefficient (Wildman–Crippen LogP) is 4.04. The number of benzene rings is 1. The van der Waals surface area contributed by atoms with E-state index in [0.29, 0.717) is 0 Å². The van der Waals surface area contributed by atoms with E-state index in [9.17, 15) is 0 Å². The maximum atomic E-state index is 5.39. The van der Waals surface area contributed by atoms with Gasteiger partial charge >= 0.3 is 0 Å². The number of aryl methyl sites for hydroxylation is 2. The average molecular weight is 211 g/mol. The Morgan fingerprint density at radius 3 is 2.75 bits per heavy atom. The summed E-state index contributed by atoms with van der Waals surface area (Å²) in [7, 11) is 0. The summed E-state index contributed by atoms with van der Waals surface area (Å²) in [6, 6.07) is 10.4. The number of fused-ring (bicyclic) bond motifs is 1. The molecule has 0 aliphatic carbocycles. The molecule has 2 heteroatoms. The van der Waals surface area contributed by atoms with Crippen LogP contribution in [-0.4, -0.2) is 4.98 Å². The molecule has 0 saturated carbocycles. The number of hydrogen-bond donors (Lipinski definition) is 1. The summed E-state index contributed by atoms with van der Waals surface area (Å²) in [5.74, 6) is 0.883. The maximum Gasteiger partial charge on any atom is 0.150 e. The Balaban J connectivity index is 2.27. The van der Waals surface area contributed by atoms with E-state index in [1.165, 1.54) is 22.0 Å². The molecule has 0 saturated heterocycles. The van der Waals surface area contributed by atoms with Gasteiger partial charge in [-0.1, -0.05) is 6.07 Å². The second-order valence-corrected chi connectivity index (χ2v) is 4.20. The molecular formula is C14H13NO. The standard InChI is InChI=1S/C14H13NO/c1-9-6-10(2)11-8-13(15-12(11)7-9)14-4-3-5-16-14/h3-8,15H,1-2H3. The SMILES string of the molecule is Cc1cc(C)c2cc(-c3ccco3)[nH]c2c1. The molecule has 1 aromatic carbocycles. The molecule has 0 atom stereocenters. The molecule has 0 bridgehead atoms. The zero-order valence-electron chi connectivity index (χ0n) is 9.37. The third-order valence-electron chi connectivity index (χ3n) is 2.88. The molecule has 2 nitrogen and oxygen atoms in total. The van der Waals surface area contributed by atoms with E-state index < -0.39 is 0 Å². The van der Waals surface area contributed by atoms with Crippen LogP contribution in [0.2, 0.25) is 0 Å². The lowest BCUT2D eigenvalue weighted by atomic mass is 10.1. The van der Waals surface area contributed by atoms with Crippen molar-refractivity contribution in [2.45, 2.75) is 13.8 Å². The van der Waals surface area contributed by atoms with Gasteiger partial charge in [-0.15, -0.1) is 0 Å². The Morgan fingerprint density at radius 2 is 2.00 bits per heavy atom. The fourth-order valence-corrected chi connectivity index (χ4v) is 2.16. The van der Waals surface area contributed by atoms with Crippen LogP contribution in [0.5, 0.6) is 0 Å². The number of furan rings is 1. The quantitative estimate of drug-likeness (QED) is 0.646. The van der Waals surface area contributed by atoms with Crippen LogP contribution in [0.1, 0.15) is 11.1 Å². The smallest absolute Gasteiger partial charge is 0.150 e. The van der Waals surface area contributed by atoms with Crippen molar-refractivity contribution >= 4 is 10.9 Å². The van der Waals surface area contributed by atoms with Gasteiger partial charge in [0.25, 0.3) is 0 Å². The van der Waals surface area contributed by atoms with Gasteiger partial charge in [-0.3, -0.25) is 0 Å². The second kappa shape index (κ2) is 3.27. The Bertz CT molecular complexity index is 632. The van der Waals surface area contributed by atoms with Crippen molar-refractivity contribution in [3.63, 3.8) is 0 Å². The fourth-order valence-electron chi connectivity index (χ4n) is 2.16. The van der Waals surface area contributed by atoms with E-state index >= 15 is 0 Å². The van der Waals surface area contributed by atoms with Gasteiger partial charge in [-0.2, -0.15) is 0 Å². The number of aromatic nitrogens is 1. The largest absolute Gasteiger partial charge is 0.463 e. The van der Waals surface area contributed by atoms with Crippen molar-refractivity contribution in [3.8, 4) is 11.5 Å². The molecule has 0 amide bonds. The maximum absolute atomic E-state index is 5.39. The van der Waals surface area contributed by atoms with Gasteiger partial charge < -0.3 is 9.40 Å². The fraction of sp³-hybridized carbons (Fsp3) is 0.143. The van der Waals surface area contributed by atoms with Crippen molar-refractivity contribution in [1.29, 1.82) is 0 Å². The summed E-state index contributed by atoms with van der Waals surface area (Å²) in [5, 5.41) is 1.26. The molecule has 3 aromatic rings. The van der Waals surface area contributed by atoms with Crippen LogP contribution in [0.4, 0.5) is 0 Å². The van der Waals surface area contributed by atoms with Crippen molar-refractivity contribution in [2.24, 2.45) is 0 Å². The van der Waals surface area contributed by atoms with Crippen molar-refractivity contribution in [1.82, 2.24) is 4.98 Å². The molecule has 0 spiro atoms. The number of rotatable bonds is 1. The van der Waals surface area contributed by atoms with E-state index in [-0.39, 0.29) is 0 Å². The molecule has 16 heavy (non-hydrogen) atoms. The summed E-state index contributed by atoms with van der Waals surface area (Å²) in [6.07, 6.45) is 1.69. The normalized spacial score (nSPS) is 11.1. The second-order valence-electron chi connectivity index (χ2n) is 4.20. The van der Waals surface area contributed by atoms with Gasteiger partial charge in [0, 0.05) is 10.9 Å². The molecule has 0 fully saturated rings. The van der Waals surface area contributed by atoms with Crippen molar-refractivity contribution in [3.05, 3.63) is 47.7 Å². The van der Waals surface area contributed by atoms with E-state index in [1.54, 1.807) is 6.26 Å². The molecule has 80 valence electrons. The van der Waals surface area contributed by atoms with Crippen LogP contribution in [0.3, 0.4) is 0 Å². The monoisotopic (exact) mass is 211 g/mol. The first-order valence-corrected chi connectivity index (χ1v) is 5.38. The number of H-pyrrole nitrogens is 1. The summed E-state index contributed by atoms with van der Waals surface area (Å²) >= 11 is 0. The minimum absolute atomic E-state index is 0.883. The van der Waals surface area contributed by atoms with Crippen LogP contribution in [0.15, 0.2) is 41.0 Å². The molecule has 0 aliphatic rings. The molecule has 3 rings (SSSR count). The molecular weight excluding hydrogens is 198 g/mol. The lowest BCUT2D eigenvalue weighted by Crippen LogP contribution is -1.77. The van der Waals surface area contributed by atoms with Crippen molar-refractivity contribution in [2.75, 3.05) is 0 Å². The molecule has 0 radical (unpaired) electrons. The number of aromatic amines is 1. The van der Waals surface area contributed by atoms with Crippen LogP contribution in [0, 0.1) is 13.8 Å². The zero-order chi connectivity index (χ0) is 11.1. The highest BCUT2D eigenvalue weighted by Gasteiger charge is 2.07. The van der Waals surface area contributed by atoms with E-state index in [0.717, 1.165) is 11.5 Å². The van der Waals surface area contributed by atoms with Gasteiger partial charge in [0.05, 0.1) is 12.0 Å². The van der Waals surface area contributed by atoms with Crippen molar-refractivity contribution < 1.29 is 4.42 Å².